The first-order valence-corrected chi connectivity index (χ1v) is 7.27. The first kappa shape index (κ1) is 14.6. The highest BCUT2D eigenvalue weighted by Crippen LogP contribution is 2.23. The lowest BCUT2D eigenvalue weighted by Crippen LogP contribution is -2.51. The zero-order chi connectivity index (χ0) is 13.9. The minimum absolute atomic E-state index is 0.173. The van der Waals surface area contributed by atoms with Crippen molar-refractivity contribution in [2.24, 2.45) is 0 Å². The van der Waals surface area contributed by atoms with E-state index >= 15 is 0 Å². The molecule has 2 fully saturated rings. The van der Waals surface area contributed by atoms with Crippen molar-refractivity contribution in [2.75, 3.05) is 26.3 Å². The van der Waals surface area contributed by atoms with Gasteiger partial charge in [-0.1, -0.05) is 0 Å². The van der Waals surface area contributed by atoms with Crippen LogP contribution >= 0.6 is 0 Å². The van der Waals surface area contributed by atoms with Crippen molar-refractivity contribution in [3.63, 3.8) is 0 Å². The van der Waals surface area contributed by atoms with Crippen molar-refractivity contribution in [1.82, 2.24) is 10.2 Å². The van der Waals surface area contributed by atoms with Crippen molar-refractivity contribution < 1.29 is 14.3 Å². The van der Waals surface area contributed by atoms with Gasteiger partial charge < -0.3 is 19.7 Å². The van der Waals surface area contributed by atoms with Gasteiger partial charge in [0.05, 0.1) is 0 Å². The van der Waals surface area contributed by atoms with Crippen molar-refractivity contribution >= 4 is 6.09 Å². The first-order valence-electron chi connectivity index (χ1n) is 7.27. The largest absolute Gasteiger partial charge is 0.444 e. The fourth-order valence-electron chi connectivity index (χ4n) is 2.75. The zero-order valence-corrected chi connectivity index (χ0v) is 12.3. The lowest BCUT2D eigenvalue weighted by Gasteiger charge is -2.38. The highest BCUT2D eigenvalue weighted by atomic mass is 16.6. The maximum absolute atomic E-state index is 12.5. The Balaban J connectivity index is 2.06. The van der Waals surface area contributed by atoms with Gasteiger partial charge in [-0.3, -0.25) is 0 Å². The van der Waals surface area contributed by atoms with Gasteiger partial charge in [-0.15, -0.1) is 0 Å². The Morgan fingerprint density at radius 2 is 1.89 bits per heavy atom. The Hall–Kier alpha value is -0.810. The summed E-state index contributed by atoms with van der Waals surface area (Å²) in [6.07, 6.45) is 2.66. The highest BCUT2D eigenvalue weighted by Gasteiger charge is 2.36. The van der Waals surface area contributed by atoms with Gasteiger partial charge in [0.15, 0.2) is 0 Å². The summed E-state index contributed by atoms with van der Waals surface area (Å²) < 4.78 is 11.0. The second-order valence-electron chi connectivity index (χ2n) is 6.38. The monoisotopic (exact) mass is 270 g/mol. The van der Waals surface area contributed by atoms with Crippen LogP contribution in [-0.4, -0.2) is 55.0 Å². The smallest absolute Gasteiger partial charge is 0.410 e. The summed E-state index contributed by atoms with van der Waals surface area (Å²) in [5, 5.41) is 3.33. The van der Waals surface area contributed by atoms with Crippen molar-refractivity contribution in [1.29, 1.82) is 0 Å². The molecule has 0 aromatic rings. The van der Waals surface area contributed by atoms with Crippen LogP contribution in [0.2, 0.25) is 0 Å². The van der Waals surface area contributed by atoms with Crippen LogP contribution in [0.5, 0.6) is 0 Å². The molecule has 1 unspecified atom stereocenters. The van der Waals surface area contributed by atoms with Crippen LogP contribution in [0.1, 0.15) is 40.0 Å². The Morgan fingerprint density at radius 1 is 1.21 bits per heavy atom. The van der Waals surface area contributed by atoms with Crippen LogP contribution in [-0.2, 0) is 9.47 Å². The molecule has 0 saturated carbocycles. The third kappa shape index (κ3) is 4.08. The molecule has 2 heterocycles. The number of hydrogen-bond acceptors (Lipinski definition) is 4. The number of nitrogens with one attached hydrogen (secondary N) is 1. The number of ether oxygens (including phenoxy) is 2. The summed E-state index contributed by atoms with van der Waals surface area (Å²) in [7, 11) is 0. The maximum atomic E-state index is 12.5. The minimum atomic E-state index is -0.438. The molecule has 1 amide bonds. The molecule has 2 aliphatic rings. The van der Waals surface area contributed by atoms with E-state index in [-0.39, 0.29) is 18.2 Å². The molecule has 1 atom stereocenters. The van der Waals surface area contributed by atoms with Crippen LogP contribution in [0.4, 0.5) is 4.79 Å². The third-order valence-corrected chi connectivity index (χ3v) is 3.62. The fourth-order valence-corrected chi connectivity index (χ4v) is 2.75. The van der Waals surface area contributed by atoms with Gasteiger partial charge >= 0.3 is 6.09 Å². The van der Waals surface area contributed by atoms with Crippen LogP contribution in [0.15, 0.2) is 0 Å². The summed E-state index contributed by atoms with van der Waals surface area (Å²) >= 11 is 0. The summed E-state index contributed by atoms with van der Waals surface area (Å²) in [6, 6.07) is 0.520. The van der Waals surface area contributed by atoms with Crippen LogP contribution in [0, 0.1) is 0 Å². The van der Waals surface area contributed by atoms with Crippen LogP contribution < -0.4 is 5.32 Å². The van der Waals surface area contributed by atoms with Gasteiger partial charge in [0.25, 0.3) is 0 Å². The number of nitrogens with zero attached hydrogens (tertiary/aromatic N) is 1. The molecule has 0 radical (unpaired) electrons. The second-order valence-corrected chi connectivity index (χ2v) is 6.38. The van der Waals surface area contributed by atoms with Crippen molar-refractivity contribution in [2.45, 2.75) is 57.7 Å². The maximum Gasteiger partial charge on any atom is 0.410 e. The van der Waals surface area contributed by atoms with Crippen LogP contribution in [0.3, 0.4) is 0 Å². The van der Waals surface area contributed by atoms with Gasteiger partial charge in [0.1, 0.15) is 5.60 Å². The number of carbonyl (C=O) groups excluding carboxylic acids is 1. The average molecular weight is 270 g/mol. The quantitative estimate of drug-likeness (QED) is 0.831. The molecule has 5 heteroatoms. The molecule has 2 rings (SSSR count). The standard InChI is InChI=1S/C14H26N2O3/c1-14(2,3)19-13(17)16(12-4-7-15-10-12)11-5-8-18-9-6-11/h11-12,15H,4-10H2,1-3H3. The van der Waals surface area contributed by atoms with E-state index in [4.69, 9.17) is 9.47 Å². The second kappa shape index (κ2) is 6.09. The Kier molecular flexibility index (Phi) is 4.68. The molecule has 1 N–H and O–H groups in total. The summed E-state index contributed by atoms with van der Waals surface area (Å²) in [5.41, 5.74) is -0.438. The van der Waals surface area contributed by atoms with Gasteiger partial charge in [-0.05, 0) is 46.6 Å². The van der Waals surface area contributed by atoms with E-state index in [0.29, 0.717) is 0 Å². The molecule has 0 bridgehead atoms. The lowest BCUT2D eigenvalue weighted by atomic mass is 10.0. The molecule has 0 spiro atoms. The molecular formula is C14H26N2O3. The summed E-state index contributed by atoms with van der Waals surface area (Å²) in [5.74, 6) is 0. The predicted octanol–water partition coefficient (Wildman–Crippen LogP) is 1.76. The highest BCUT2D eigenvalue weighted by molar-refractivity contribution is 5.69. The van der Waals surface area contributed by atoms with Crippen molar-refractivity contribution in [3.8, 4) is 0 Å². The normalized spacial score (nSPS) is 25.3. The molecule has 0 aliphatic carbocycles. The topological polar surface area (TPSA) is 50.8 Å². The van der Waals surface area contributed by atoms with Crippen LogP contribution in [0.25, 0.3) is 0 Å². The fraction of sp³-hybridized carbons (Fsp3) is 0.929. The number of amides is 1. The zero-order valence-electron chi connectivity index (χ0n) is 12.3. The number of hydrogen-bond donors (Lipinski definition) is 1. The molecule has 5 nitrogen and oxygen atoms in total. The summed E-state index contributed by atoms with van der Waals surface area (Å²) in [6.45, 7) is 9.08. The molecule has 0 aromatic heterocycles. The average Bonchev–Trinajstić information content (AvgIpc) is 2.82. The van der Waals surface area contributed by atoms with E-state index in [2.05, 4.69) is 5.32 Å². The molecule has 110 valence electrons. The number of rotatable bonds is 2. The van der Waals surface area contributed by atoms with E-state index in [1.807, 2.05) is 25.7 Å². The Bertz CT molecular complexity index is 302. The van der Waals surface area contributed by atoms with E-state index in [9.17, 15) is 4.79 Å². The molecule has 0 aromatic carbocycles. The lowest BCUT2D eigenvalue weighted by molar-refractivity contribution is -0.0161. The van der Waals surface area contributed by atoms with E-state index < -0.39 is 5.60 Å². The van der Waals surface area contributed by atoms with Gasteiger partial charge in [0, 0.05) is 31.8 Å². The van der Waals surface area contributed by atoms with E-state index in [1.54, 1.807) is 0 Å². The molecular weight excluding hydrogens is 244 g/mol. The van der Waals surface area contributed by atoms with E-state index in [1.165, 1.54) is 0 Å². The van der Waals surface area contributed by atoms with Gasteiger partial charge in [0.2, 0.25) is 0 Å². The predicted molar refractivity (Wildman–Crippen MR) is 73.2 cm³/mol. The Morgan fingerprint density at radius 3 is 2.42 bits per heavy atom. The van der Waals surface area contributed by atoms with Gasteiger partial charge in [-0.25, -0.2) is 4.79 Å². The first-order chi connectivity index (χ1) is 8.97. The molecule has 2 saturated heterocycles. The Labute approximate surface area is 115 Å². The SMILES string of the molecule is CC(C)(C)OC(=O)N(C1CCOCC1)C1CCNC1. The van der Waals surface area contributed by atoms with Crippen molar-refractivity contribution in [3.05, 3.63) is 0 Å². The third-order valence-electron chi connectivity index (χ3n) is 3.62. The van der Waals surface area contributed by atoms with E-state index in [0.717, 1.165) is 45.6 Å². The van der Waals surface area contributed by atoms with Gasteiger partial charge in [-0.2, -0.15) is 0 Å². The summed E-state index contributed by atoms with van der Waals surface area (Å²) in [4.78, 5) is 14.4. The molecule has 19 heavy (non-hydrogen) atoms. The molecule has 2 aliphatic heterocycles. The minimum Gasteiger partial charge on any atom is -0.444 e. The number of carbonyl (C=O) groups is 1.